The van der Waals surface area contributed by atoms with Gasteiger partial charge in [-0.25, -0.2) is 4.98 Å². The number of amides is 1. The van der Waals surface area contributed by atoms with Crippen LogP contribution in [0.4, 0.5) is 5.69 Å². The van der Waals surface area contributed by atoms with E-state index in [4.69, 9.17) is 0 Å². The molecule has 28 heavy (non-hydrogen) atoms. The lowest BCUT2D eigenvalue weighted by molar-refractivity contribution is 0.0948. The first-order chi connectivity index (χ1) is 13.5. The van der Waals surface area contributed by atoms with Gasteiger partial charge in [-0.1, -0.05) is 0 Å². The molecule has 3 aromatic heterocycles. The van der Waals surface area contributed by atoms with Crippen LogP contribution in [0.2, 0.25) is 0 Å². The number of carbonyl (C=O) groups excluding carboxylic acids is 1. The largest absolute Gasteiger partial charge is 0.396 e. The second-order valence-electron chi connectivity index (χ2n) is 7.71. The maximum absolute atomic E-state index is 12.9. The summed E-state index contributed by atoms with van der Waals surface area (Å²) in [5.41, 5.74) is 3.24. The molecule has 4 rings (SSSR count). The summed E-state index contributed by atoms with van der Waals surface area (Å²) in [6, 6.07) is 2.28. The summed E-state index contributed by atoms with van der Waals surface area (Å²) in [6.45, 7) is 4.88. The Bertz CT molecular complexity index is 978. The van der Waals surface area contributed by atoms with Gasteiger partial charge >= 0.3 is 0 Å². The molecule has 0 radical (unpaired) electrons. The molecule has 1 amide bonds. The van der Waals surface area contributed by atoms with Gasteiger partial charge in [-0.3, -0.25) is 9.78 Å². The number of fused-ring (bicyclic) bond motifs is 1. The molecule has 3 aromatic rings. The van der Waals surface area contributed by atoms with Crippen LogP contribution in [0.3, 0.4) is 0 Å². The van der Waals surface area contributed by atoms with Crippen molar-refractivity contribution in [2.45, 2.75) is 39.2 Å². The summed E-state index contributed by atoms with van der Waals surface area (Å²) in [4.78, 5) is 24.7. The number of rotatable bonds is 8. The highest BCUT2D eigenvalue weighted by Gasteiger charge is 2.41. The van der Waals surface area contributed by atoms with E-state index in [1.54, 1.807) is 28.9 Å². The number of pyridine rings is 1. The van der Waals surface area contributed by atoms with Crippen molar-refractivity contribution in [1.29, 1.82) is 0 Å². The zero-order valence-electron chi connectivity index (χ0n) is 16.0. The van der Waals surface area contributed by atoms with E-state index in [0.29, 0.717) is 12.1 Å². The fourth-order valence-corrected chi connectivity index (χ4v) is 4.98. The molecule has 0 atom stereocenters. The highest BCUT2D eigenvalue weighted by molar-refractivity contribution is 7.25. The van der Waals surface area contributed by atoms with E-state index in [1.165, 1.54) is 0 Å². The van der Waals surface area contributed by atoms with E-state index in [2.05, 4.69) is 40.5 Å². The van der Waals surface area contributed by atoms with Crippen LogP contribution in [0.5, 0.6) is 0 Å². The Labute approximate surface area is 172 Å². The molecule has 3 heterocycles. The summed E-state index contributed by atoms with van der Waals surface area (Å²) < 4.78 is 0. The first kappa shape index (κ1) is 19.3. The number of hydrogen-bond donors (Lipinski definition) is 3. The SMILES string of the molecule is CC(C)Nc1c(C(=O)NCCC2(CO)CC2)cnc2sc(-c3cncs3)cc12. The monoisotopic (exact) mass is 416 g/mol. The lowest BCUT2D eigenvalue weighted by atomic mass is 10.0. The topological polar surface area (TPSA) is 87.1 Å². The van der Waals surface area contributed by atoms with E-state index in [1.807, 2.05) is 11.7 Å². The molecule has 1 aliphatic carbocycles. The Hall–Kier alpha value is -2.03. The number of nitrogens with zero attached hydrogens (tertiary/aromatic N) is 2. The number of hydrogen-bond acceptors (Lipinski definition) is 7. The van der Waals surface area contributed by atoms with Crippen LogP contribution in [0.1, 0.15) is 43.5 Å². The van der Waals surface area contributed by atoms with Crippen LogP contribution in [0.15, 0.2) is 24.0 Å². The minimum Gasteiger partial charge on any atom is -0.396 e. The van der Waals surface area contributed by atoms with Gasteiger partial charge in [0.25, 0.3) is 5.91 Å². The van der Waals surface area contributed by atoms with Gasteiger partial charge in [0.05, 0.1) is 21.6 Å². The number of thiophene rings is 1. The molecule has 3 N–H and O–H groups in total. The molecule has 0 aliphatic heterocycles. The van der Waals surface area contributed by atoms with Crippen molar-refractivity contribution in [3.8, 4) is 9.75 Å². The number of aliphatic hydroxyl groups excluding tert-OH is 1. The fourth-order valence-electron chi connectivity index (χ4n) is 3.26. The van der Waals surface area contributed by atoms with Crippen molar-refractivity contribution >= 4 is 44.5 Å². The molecule has 6 nitrogen and oxygen atoms in total. The third kappa shape index (κ3) is 3.90. The van der Waals surface area contributed by atoms with Gasteiger partial charge in [-0.2, -0.15) is 0 Å². The van der Waals surface area contributed by atoms with Crippen LogP contribution in [0.25, 0.3) is 20.0 Å². The lowest BCUT2D eigenvalue weighted by Crippen LogP contribution is -2.28. The maximum atomic E-state index is 12.9. The van der Waals surface area contributed by atoms with Crippen molar-refractivity contribution < 1.29 is 9.90 Å². The fraction of sp³-hybridized carbons (Fsp3) is 0.450. The van der Waals surface area contributed by atoms with Crippen LogP contribution in [0, 0.1) is 5.41 Å². The normalized spacial score (nSPS) is 15.1. The molecule has 0 unspecified atom stereocenters. The van der Waals surface area contributed by atoms with Gasteiger partial charge in [0.1, 0.15) is 4.83 Å². The smallest absolute Gasteiger partial charge is 0.254 e. The van der Waals surface area contributed by atoms with Gasteiger partial charge in [-0.05, 0) is 44.6 Å². The summed E-state index contributed by atoms with van der Waals surface area (Å²) in [6.07, 6.45) is 6.41. The Kier molecular flexibility index (Phi) is 5.35. The van der Waals surface area contributed by atoms with E-state index in [0.717, 1.165) is 44.9 Å². The first-order valence-corrected chi connectivity index (χ1v) is 11.2. The molecular weight excluding hydrogens is 392 g/mol. The zero-order valence-corrected chi connectivity index (χ0v) is 17.6. The van der Waals surface area contributed by atoms with Gasteiger partial charge in [-0.15, -0.1) is 22.7 Å². The van der Waals surface area contributed by atoms with Crippen LogP contribution < -0.4 is 10.6 Å². The van der Waals surface area contributed by atoms with E-state index < -0.39 is 0 Å². The van der Waals surface area contributed by atoms with Crippen molar-refractivity contribution in [1.82, 2.24) is 15.3 Å². The molecule has 0 saturated heterocycles. The number of nitrogens with one attached hydrogen (secondary N) is 2. The summed E-state index contributed by atoms with van der Waals surface area (Å²) in [5, 5.41) is 16.9. The number of aliphatic hydroxyl groups is 1. The molecule has 1 aliphatic rings. The first-order valence-electron chi connectivity index (χ1n) is 9.48. The number of carbonyl (C=O) groups is 1. The average molecular weight is 417 g/mol. The van der Waals surface area contributed by atoms with Crippen LogP contribution in [-0.4, -0.2) is 40.2 Å². The summed E-state index contributed by atoms with van der Waals surface area (Å²) >= 11 is 3.20. The second kappa shape index (κ2) is 7.77. The number of anilines is 1. The molecule has 0 spiro atoms. The van der Waals surface area contributed by atoms with Crippen LogP contribution >= 0.6 is 22.7 Å². The van der Waals surface area contributed by atoms with Crippen molar-refractivity contribution in [3.63, 3.8) is 0 Å². The standard InChI is InChI=1S/C20H24N4O2S2/c1-12(2)24-17-13-7-15(16-9-21-11-27-16)28-19(13)23-8-14(17)18(26)22-6-5-20(10-25)3-4-20/h7-9,11-12,25H,3-6,10H2,1-2H3,(H,22,26)(H,23,24). The van der Waals surface area contributed by atoms with Crippen molar-refractivity contribution in [3.05, 3.63) is 29.5 Å². The lowest BCUT2D eigenvalue weighted by Gasteiger charge is -2.16. The summed E-state index contributed by atoms with van der Waals surface area (Å²) in [5.74, 6) is -0.128. The van der Waals surface area contributed by atoms with E-state index in [-0.39, 0.29) is 24.0 Å². The Morgan fingerprint density at radius 1 is 1.32 bits per heavy atom. The highest BCUT2D eigenvalue weighted by Crippen LogP contribution is 2.47. The van der Waals surface area contributed by atoms with E-state index in [9.17, 15) is 9.90 Å². The minimum absolute atomic E-state index is 0.0332. The second-order valence-corrected chi connectivity index (χ2v) is 9.62. The molecule has 1 fully saturated rings. The van der Waals surface area contributed by atoms with E-state index >= 15 is 0 Å². The highest BCUT2D eigenvalue weighted by atomic mass is 32.1. The quantitative estimate of drug-likeness (QED) is 0.514. The number of aromatic nitrogens is 2. The Morgan fingerprint density at radius 3 is 2.79 bits per heavy atom. The molecule has 0 aromatic carbocycles. The predicted molar refractivity (Wildman–Crippen MR) is 115 cm³/mol. The maximum Gasteiger partial charge on any atom is 0.254 e. The molecule has 1 saturated carbocycles. The van der Waals surface area contributed by atoms with Crippen LogP contribution in [-0.2, 0) is 0 Å². The Balaban J connectivity index is 1.61. The van der Waals surface area contributed by atoms with Gasteiger partial charge < -0.3 is 15.7 Å². The number of thiazole rings is 1. The van der Waals surface area contributed by atoms with Crippen molar-refractivity contribution in [2.24, 2.45) is 5.41 Å². The van der Waals surface area contributed by atoms with Gasteiger partial charge in [0.2, 0.25) is 0 Å². The van der Waals surface area contributed by atoms with Gasteiger partial charge in [0, 0.05) is 41.9 Å². The zero-order chi connectivity index (χ0) is 19.7. The average Bonchev–Trinajstić information content (AvgIpc) is 3.08. The minimum atomic E-state index is -0.128. The molecule has 0 bridgehead atoms. The molecule has 8 heteroatoms. The predicted octanol–water partition coefficient (Wildman–Crippen LogP) is 4.13. The third-order valence-corrected chi connectivity index (χ3v) is 7.16. The third-order valence-electron chi connectivity index (χ3n) is 5.15. The van der Waals surface area contributed by atoms with Crippen molar-refractivity contribution in [2.75, 3.05) is 18.5 Å². The Morgan fingerprint density at radius 2 is 2.14 bits per heavy atom. The molecular formula is C20H24N4O2S2. The summed E-state index contributed by atoms with van der Waals surface area (Å²) in [7, 11) is 0. The van der Waals surface area contributed by atoms with Gasteiger partial charge in [0.15, 0.2) is 0 Å². The molecule has 148 valence electrons.